The number of hydrogen-bond acceptors (Lipinski definition) is 4. The summed E-state index contributed by atoms with van der Waals surface area (Å²) in [6, 6.07) is 7.27. The lowest BCUT2D eigenvalue weighted by Crippen LogP contribution is -2.28. The van der Waals surface area contributed by atoms with Gasteiger partial charge in [-0.3, -0.25) is 9.59 Å². The van der Waals surface area contributed by atoms with E-state index in [4.69, 9.17) is 4.42 Å². The van der Waals surface area contributed by atoms with Gasteiger partial charge in [-0.05, 0) is 43.0 Å². The molecule has 2 amide bonds. The zero-order valence-electron chi connectivity index (χ0n) is 12.3. The van der Waals surface area contributed by atoms with Crippen LogP contribution in [0.4, 0.5) is 0 Å². The number of furan rings is 1. The summed E-state index contributed by atoms with van der Waals surface area (Å²) in [5.41, 5.74) is 0. The van der Waals surface area contributed by atoms with Gasteiger partial charge in [0.1, 0.15) is 11.5 Å². The molecule has 0 aliphatic carbocycles. The zero-order chi connectivity index (χ0) is 15.8. The Bertz CT molecular complexity index is 644. The first-order chi connectivity index (χ1) is 10.6. The number of rotatable bonds is 7. The largest absolute Gasteiger partial charge is 0.462 e. The molecular weight excluding hydrogens is 300 g/mol. The molecular formula is C16H18N2O3S. The monoisotopic (exact) mass is 318 g/mol. The van der Waals surface area contributed by atoms with Crippen molar-refractivity contribution in [2.75, 3.05) is 13.1 Å². The van der Waals surface area contributed by atoms with E-state index in [2.05, 4.69) is 10.6 Å². The van der Waals surface area contributed by atoms with E-state index in [-0.39, 0.29) is 11.8 Å². The van der Waals surface area contributed by atoms with Crippen LogP contribution in [0.1, 0.15) is 27.6 Å². The number of nitrogens with one attached hydrogen (secondary N) is 2. The van der Waals surface area contributed by atoms with Gasteiger partial charge in [-0.1, -0.05) is 6.07 Å². The Labute approximate surface area is 133 Å². The van der Waals surface area contributed by atoms with Gasteiger partial charge in [-0.25, -0.2) is 0 Å². The average molecular weight is 318 g/mol. The number of amides is 2. The van der Waals surface area contributed by atoms with Crippen molar-refractivity contribution in [2.45, 2.75) is 13.3 Å². The van der Waals surface area contributed by atoms with E-state index in [1.165, 1.54) is 17.4 Å². The van der Waals surface area contributed by atoms with Crippen LogP contribution >= 0.6 is 11.3 Å². The van der Waals surface area contributed by atoms with Crippen molar-refractivity contribution in [3.63, 3.8) is 0 Å². The molecule has 0 saturated carbocycles. The second-order valence-corrected chi connectivity index (χ2v) is 5.61. The molecule has 22 heavy (non-hydrogen) atoms. The minimum Gasteiger partial charge on any atom is -0.462 e. The Morgan fingerprint density at radius 3 is 2.73 bits per heavy atom. The SMILES string of the molecule is Cc1ccc(/C=C\C(=O)NCCCNC(=O)c2cccs2)o1. The fourth-order valence-electron chi connectivity index (χ4n) is 1.76. The van der Waals surface area contributed by atoms with Gasteiger partial charge in [0.2, 0.25) is 5.91 Å². The fourth-order valence-corrected chi connectivity index (χ4v) is 2.40. The van der Waals surface area contributed by atoms with E-state index in [1.807, 2.05) is 24.4 Å². The van der Waals surface area contributed by atoms with E-state index in [0.29, 0.717) is 30.1 Å². The second-order valence-electron chi connectivity index (χ2n) is 4.66. The fraction of sp³-hybridized carbons (Fsp3) is 0.250. The molecule has 0 spiro atoms. The third-order valence-electron chi connectivity index (χ3n) is 2.84. The van der Waals surface area contributed by atoms with Crippen LogP contribution in [0.25, 0.3) is 6.08 Å². The number of carbonyl (C=O) groups excluding carboxylic acids is 2. The molecule has 0 radical (unpaired) electrons. The van der Waals surface area contributed by atoms with Crippen LogP contribution in [-0.4, -0.2) is 24.9 Å². The van der Waals surface area contributed by atoms with Crippen molar-refractivity contribution in [1.29, 1.82) is 0 Å². The van der Waals surface area contributed by atoms with E-state index in [0.717, 1.165) is 5.76 Å². The maximum Gasteiger partial charge on any atom is 0.261 e. The lowest BCUT2D eigenvalue weighted by atomic mass is 10.3. The second kappa shape index (κ2) is 8.19. The van der Waals surface area contributed by atoms with Crippen LogP contribution in [0, 0.1) is 6.92 Å². The van der Waals surface area contributed by atoms with E-state index >= 15 is 0 Å². The lowest BCUT2D eigenvalue weighted by Gasteiger charge is -2.04. The van der Waals surface area contributed by atoms with Gasteiger partial charge in [-0.15, -0.1) is 11.3 Å². The Hall–Kier alpha value is -2.34. The third-order valence-corrected chi connectivity index (χ3v) is 3.71. The molecule has 2 rings (SSSR count). The molecule has 6 heteroatoms. The molecule has 2 aromatic heterocycles. The summed E-state index contributed by atoms with van der Waals surface area (Å²) in [5.74, 6) is 1.20. The van der Waals surface area contributed by atoms with Gasteiger partial charge in [-0.2, -0.15) is 0 Å². The van der Waals surface area contributed by atoms with Crippen LogP contribution in [-0.2, 0) is 4.79 Å². The van der Waals surface area contributed by atoms with Crippen LogP contribution in [0.3, 0.4) is 0 Å². The van der Waals surface area contributed by atoms with Crippen molar-refractivity contribution in [2.24, 2.45) is 0 Å². The number of carbonyl (C=O) groups is 2. The summed E-state index contributed by atoms with van der Waals surface area (Å²) in [6.07, 6.45) is 3.74. The summed E-state index contributed by atoms with van der Waals surface area (Å²) in [5, 5.41) is 7.42. The molecule has 2 N–H and O–H groups in total. The molecule has 0 atom stereocenters. The van der Waals surface area contributed by atoms with E-state index in [1.54, 1.807) is 18.2 Å². The minimum atomic E-state index is -0.182. The quantitative estimate of drug-likeness (QED) is 0.609. The third kappa shape index (κ3) is 5.21. The maximum absolute atomic E-state index is 11.7. The number of thiophene rings is 1. The Balaban J connectivity index is 1.59. The highest BCUT2D eigenvalue weighted by molar-refractivity contribution is 7.12. The predicted molar refractivity (Wildman–Crippen MR) is 86.8 cm³/mol. The van der Waals surface area contributed by atoms with Crippen molar-refractivity contribution < 1.29 is 14.0 Å². The molecule has 0 unspecified atom stereocenters. The topological polar surface area (TPSA) is 71.3 Å². The molecule has 2 heterocycles. The molecule has 0 saturated heterocycles. The highest BCUT2D eigenvalue weighted by atomic mass is 32.1. The van der Waals surface area contributed by atoms with Crippen molar-refractivity contribution in [3.05, 3.63) is 52.1 Å². The van der Waals surface area contributed by atoms with Crippen LogP contribution < -0.4 is 10.6 Å². The van der Waals surface area contributed by atoms with Crippen molar-refractivity contribution in [1.82, 2.24) is 10.6 Å². The minimum absolute atomic E-state index is 0.0746. The first-order valence-corrected chi connectivity index (χ1v) is 7.87. The normalized spacial score (nSPS) is 10.8. The first-order valence-electron chi connectivity index (χ1n) is 6.99. The summed E-state index contributed by atoms with van der Waals surface area (Å²) >= 11 is 1.41. The van der Waals surface area contributed by atoms with Gasteiger partial charge in [0, 0.05) is 19.2 Å². The Morgan fingerprint density at radius 2 is 2.05 bits per heavy atom. The van der Waals surface area contributed by atoms with Gasteiger partial charge in [0.25, 0.3) is 5.91 Å². The molecule has 0 fully saturated rings. The molecule has 116 valence electrons. The Kier molecular flexibility index (Phi) is 5.97. The smallest absolute Gasteiger partial charge is 0.261 e. The average Bonchev–Trinajstić information content (AvgIpc) is 3.16. The summed E-state index contributed by atoms with van der Waals surface area (Å²) in [6.45, 7) is 2.88. The van der Waals surface area contributed by atoms with Crippen LogP contribution in [0.15, 0.2) is 40.1 Å². The van der Waals surface area contributed by atoms with Crippen molar-refractivity contribution >= 4 is 29.2 Å². The molecule has 0 aromatic carbocycles. The molecule has 2 aromatic rings. The molecule has 0 aliphatic rings. The number of aryl methyl sites for hydroxylation is 1. The van der Waals surface area contributed by atoms with Crippen LogP contribution in [0.2, 0.25) is 0 Å². The van der Waals surface area contributed by atoms with Gasteiger partial charge in [0.15, 0.2) is 0 Å². The molecule has 0 aliphatic heterocycles. The lowest BCUT2D eigenvalue weighted by molar-refractivity contribution is -0.116. The van der Waals surface area contributed by atoms with Crippen molar-refractivity contribution in [3.8, 4) is 0 Å². The van der Waals surface area contributed by atoms with E-state index < -0.39 is 0 Å². The highest BCUT2D eigenvalue weighted by Crippen LogP contribution is 2.08. The summed E-state index contributed by atoms with van der Waals surface area (Å²) in [7, 11) is 0. The van der Waals surface area contributed by atoms with E-state index in [9.17, 15) is 9.59 Å². The number of hydrogen-bond donors (Lipinski definition) is 2. The first kappa shape index (κ1) is 16.0. The highest BCUT2D eigenvalue weighted by Gasteiger charge is 2.04. The van der Waals surface area contributed by atoms with Gasteiger partial charge >= 0.3 is 0 Å². The summed E-state index contributed by atoms with van der Waals surface area (Å²) in [4.78, 5) is 23.9. The van der Waals surface area contributed by atoms with Gasteiger partial charge < -0.3 is 15.1 Å². The zero-order valence-corrected chi connectivity index (χ0v) is 13.1. The standard InChI is InChI=1S/C16H18N2O3S/c1-12-5-6-13(21-12)7-8-15(19)17-9-3-10-18-16(20)14-4-2-11-22-14/h2,4-8,11H,3,9-10H2,1H3,(H,17,19)(H,18,20)/b8-7-. The molecule has 5 nitrogen and oxygen atoms in total. The summed E-state index contributed by atoms with van der Waals surface area (Å²) < 4.78 is 5.33. The van der Waals surface area contributed by atoms with Gasteiger partial charge in [0.05, 0.1) is 4.88 Å². The Morgan fingerprint density at radius 1 is 1.23 bits per heavy atom. The maximum atomic E-state index is 11.7. The van der Waals surface area contributed by atoms with Crippen LogP contribution in [0.5, 0.6) is 0 Å². The predicted octanol–water partition coefficient (Wildman–Crippen LogP) is 2.60. The molecule has 0 bridgehead atoms.